The van der Waals surface area contributed by atoms with E-state index in [4.69, 9.17) is 5.21 Å². The first-order valence-electron chi connectivity index (χ1n) is 11.9. The van der Waals surface area contributed by atoms with Crippen molar-refractivity contribution in [3.63, 3.8) is 0 Å². The predicted molar refractivity (Wildman–Crippen MR) is 143 cm³/mol. The molecule has 2 amide bonds. The first-order chi connectivity index (χ1) is 17.8. The first-order valence-corrected chi connectivity index (χ1v) is 11.9. The van der Waals surface area contributed by atoms with E-state index in [1.54, 1.807) is 24.3 Å². The lowest BCUT2D eigenvalue weighted by molar-refractivity contribution is -0.133. The van der Waals surface area contributed by atoms with Crippen LogP contribution in [-0.4, -0.2) is 48.4 Å². The fraction of sp³-hybridized carbons (Fsp3) is 0.241. The van der Waals surface area contributed by atoms with Gasteiger partial charge in [-0.3, -0.25) is 14.8 Å². The minimum Gasteiger partial charge on any atom is -0.391 e. The lowest BCUT2D eigenvalue weighted by Gasteiger charge is -2.19. The average molecular weight is 501 g/mol. The van der Waals surface area contributed by atoms with Gasteiger partial charge in [0.2, 0.25) is 0 Å². The van der Waals surface area contributed by atoms with Crippen molar-refractivity contribution in [3.05, 3.63) is 101 Å². The fourth-order valence-corrected chi connectivity index (χ4v) is 3.52. The molecule has 0 radical (unpaired) electrons. The van der Waals surface area contributed by atoms with E-state index in [9.17, 15) is 14.7 Å². The van der Waals surface area contributed by atoms with E-state index in [1.807, 2.05) is 38.4 Å². The molecule has 37 heavy (non-hydrogen) atoms. The summed E-state index contributed by atoms with van der Waals surface area (Å²) in [6.45, 7) is 2.88. The Kier molecular flexibility index (Phi) is 9.81. The molecule has 0 aliphatic heterocycles. The van der Waals surface area contributed by atoms with E-state index in [2.05, 4.69) is 51.6 Å². The minimum absolute atomic E-state index is 0.299. The van der Waals surface area contributed by atoms with Crippen molar-refractivity contribution in [1.82, 2.24) is 16.1 Å². The molecule has 0 saturated carbocycles. The van der Waals surface area contributed by atoms with Gasteiger partial charge in [0.05, 0.1) is 6.10 Å². The number of amides is 2. The summed E-state index contributed by atoms with van der Waals surface area (Å²) in [7, 11) is 4.05. The largest absolute Gasteiger partial charge is 0.391 e. The van der Waals surface area contributed by atoms with Crippen molar-refractivity contribution in [1.29, 1.82) is 0 Å². The third-order valence-corrected chi connectivity index (χ3v) is 5.72. The molecule has 0 aromatic heterocycles. The Hall–Kier alpha value is -4.16. The van der Waals surface area contributed by atoms with E-state index >= 15 is 0 Å². The van der Waals surface area contributed by atoms with Crippen molar-refractivity contribution < 1.29 is 19.9 Å². The van der Waals surface area contributed by atoms with Gasteiger partial charge >= 0.3 is 0 Å². The van der Waals surface area contributed by atoms with Gasteiger partial charge in [0.1, 0.15) is 6.04 Å². The highest BCUT2D eigenvalue weighted by Gasteiger charge is 2.25. The maximum absolute atomic E-state index is 12.4. The van der Waals surface area contributed by atoms with Crippen molar-refractivity contribution in [2.24, 2.45) is 0 Å². The summed E-state index contributed by atoms with van der Waals surface area (Å²) in [5, 5.41) is 24.3. The van der Waals surface area contributed by atoms with Crippen LogP contribution in [0.2, 0.25) is 0 Å². The maximum atomic E-state index is 12.4. The molecule has 0 heterocycles. The second-order valence-corrected chi connectivity index (χ2v) is 8.86. The van der Waals surface area contributed by atoms with Gasteiger partial charge < -0.3 is 20.6 Å². The molecule has 3 aromatic carbocycles. The number of benzene rings is 3. The van der Waals surface area contributed by atoms with E-state index in [0.717, 1.165) is 29.8 Å². The van der Waals surface area contributed by atoms with Crippen molar-refractivity contribution >= 4 is 17.5 Å². The zero-order chi connectivity index (χ0) is 26.8. The van der Waals surface area contributed by atoms with Gasteiger partial charge in [0.25, 0.3) is 11.8 Å². The summed E-state index contributed by atoms with van der Waals surface area (Å²) in [4.78, 5) is 26.0. The Morgan fingerprint density at radius 1 is 0.838 bits per heavy atom. The molecule has 8 heteroatoms. The number of aliphatic hydroxyl groups excluding tert-OH is 1. The summed E-state index contributed by atoms with van der Waals surface area (Å²) in [5.74, 6) is 4.73. The van der Waals surface area contributed by atoms with Gasteiger partial charge in [-0.1, -0.05) is 36.1 Å². The molecular weight excluding hydrogens is 468 g/mol. The number of hydroxylamine groups is 1. The van der Waals surface area contributed by atoms with Crippen LogP contribution in [-0.2, 0) is 17.9 Å². The minimum atomic E-state index is -1.27. The zero-order valence-electron chi connectivity index (χ0n) is 21.2. The van der Waals surface area contributed by atoms with E-state index in [-0.39, 0.29) is 0 Å². The number of carbonyl (C=O) groups excluding carboxylic acids is 2. The van der Waals surface area contributed by atoms with Gasteiger partial charge in [-0.05, 0) is 66.6 Å². The highest BCUT2D eigenvalue weighted by molar-refractivity contribution is 5.97. The normalized spacial score (nSPS) is 12.0. The quantitative estimate of drug-likeness (QED) is 0.175. The number of rotatable bonds is 9. The SMILES string of the molecule is CC(O)C(NC(=O)c1ccc(C#Cc2ccc(CNCc3ccc(N(C)C)cc3)cc2)cc1)C(=O)NO. The number of aliphatic hydroxyl groups is 1. The van der Waals surface area contributed by atoms with Crippen LogP contribution in [0.15, 0.2) is 72.8 Å². The molecule has 2 atom stereocenters. The molecule has 5 N–H and O–H groups in total. The summed E-state index contributed by atoms with van der Waals surface area (Å²) in [6.07, 6.45) is -1.18. The molecular formula is C29H32N4O4. The Bertz CT molecular complexity index is 1240. The highest BCUT2D eigenvalue weighted by Crippen LogP contribution is 2.12. The monoisotopic (exact) mass is 500 g/mol. The first kappa shape index (κ1) is 27.4. The van der Waals surface area contributed by atoms with Gasteiger partial charge in [-0.2, -0.15) is 0 Å². The zero-order valence-corrected chi connectivity index (χ0v) is 21.2. The molecule has 3 rings (SSSR count). The average Bonchev–Trinajstić information content (AvgIpc) is 2.91. The van der Waals surface area contributed by atoms with Crippen LogP contribution >= 0.6 is 0 Å². The Morgan fingerprint density at radius 3 is 1.78 bits per heavy atom. The molecule has 0 aliphatic rings. The summed E-state index contributed by atoms with van der Waals surface area (Å²) < 4.78 is 0. The second kappa shape index (κ2) is 13.2. The third kappa shape index (κ3) is 8.19. The van der Waals surface area contributed by atoms with Crippen LogP contribution in [0.25, 0.3) is 0 Å². The third-order valence-electron chi connectivity index (χ3n) is 5.72. The molecule has 2 unspecified atom stereocenters. The molecule has 0 aliphatic carbocycles. The summed E-state index contributed by atoms with van der Waals surface area (Å²) in [5.41, 5.74) is 6.90. The van der Waals surface area contributed by atoms with Crippen LogP contribution in [0.3, 0.4) is 0 Å². The molecule has 0 saturated heterocycles. The van der Waals surface area contributed by atoms with Crippen LogP contribution in [0, 0.1) is 11.8 Å². The summed E-state index contributed by atoms with van der Waals surface area (Å²) >= 11 is 0. The maximum Gasteiger partial charge on any atom is 0.268 e. The number of hydrogen-bond acceptors (Lipinski definition) is 6. The Labute approximate surface area is 217 Å². The summed E-state index contributed by atoms with van der Waals surface area (Å²) in [6, 6.07) is 21.8. The molecule has 0 spiro atoms. The van der Waals surface area contributed by atoms with E-state index in [0.29, 0.717) is 5.56 Å². The van der Waals surface area contributed by atoms with Crippen molar-refractivity contribution in [3.8, 4) is 11.8 Å². The van der Waals surface area contributed by atoms with Crippen LogP contribution < -0.4 is 21.0 Å². The number of hydrogen-bond donors (Lipinski definition) is 5. The molecule has 8 nitrogen and oxygen atoms in total. The smallest absolute Gasteiger partial charge is 0.268 e. The highest BCUT2D eigenvalue weighted by atomic mass is 16.5. The molecule has 3 aromatic rings. The van der Waals surface area contributed by atoms with Crippen molar-refractivity contribution in [2.75, 3.05) is 19.0 Å². The number of anilines is 1. The Morgan fingerprint density at radius 2 is 1.32 bits per heavy atom. The number of nitrogens with one attached hydrogen (secondary N) is 3. The lowest BCUT2D eigenvalue weighted by atomic mass is 10.1. The molecule has 192 valence electrons. The fourth-order valence-electron chi connectivity index (χ4n) is 3.52. The van der Waals surface area contributed by atoms with Crippen molar-refractivity contribution in [2.45, 2.75) is 32.2 Å². The second-order valence-electron chi connectivity index (χ2n) is 8.86. The topological polar surface area (TPSA) is 114 Å². The van der Waals surface area contributed by atoms with Gasteiger partial charge in [-0.25, -0.2) is 5.48 Å². The predicted octanol–water partition coefficient (Wildman–Crippen LogP) is 2.43. The van der Waals surface area contributed by atoms with Gasteiger partial charge in [0, 0.05) is 49.6 Å². The number of carbonyl (C=O) groups is 2. The van der Waals surface area contributed by atoms with Gasteiger partial charge in [0.15, 0.2) is 0 Å². The molecule has 0 fully saturated rings. The van der Waals surface area contributed by atoms with Crippen LogP contribution in [0.1, 0.15) is 39.5 Å². The van der Waals surface area contributed by atoms with E-state index in [1.165, 1.54) is 23.7 Å². The number of nitrogens with zero attached hydrogens (tertiary/aromatic N) is 1. The van der Waals surface area contributed by atoms with Gasteiger partial charge in [-0.15, -0.1) is 0 Å². The Balaban J connectivity index is 1.52. The van der Waals surface area contributed by atoms with Crippen LogP contribution in [0.4, 0.5) is 5.69 Å². The standard InChI is InChI=1S/C29H32N4O4/c1-20(34)27(29(36)32-37)31-28(35)25-14-10-22(11-15-25)5-4-21-6-8-23(9-7-21)18-30-19-24-12-16-26(17-13-24)33(2)3/h6-17,20,27,30,34,37H,18-19H2,1-3H3,(H,31,35)(H,32,36). The molecule has 0 bridgehead atoms. The van der Waals surface area contributed by atoms with E-state index < -0.39 is 24.0 Å². The van der Waals surface area contributed by atoms with Crippen LogP contribution in [0.5, 0.6) is 0 Å². The lowest BCUT2D eigenvalue weighted by Crippen LogP contribution is -2.51.